The van der Waals surface area contributed by atoms with Crippen LogP contribution in [0.25, 0.3) is 0 Å². The van der Waals surface area contributed by atoms with Gasteiger partial charge in [-0.3, -0.25) is 10.1 Å². The van der Waals surface area contributed by atoms with Crippen molar-refractivity contribution < 1.29 is 4.79 Å². The standard InChI is InChI=1S/C31H30NOPS2/c1-2-3-24-36-31(35)30(32-29(33)25-16-8-4-9-17-25)34(26-18-10-5-11-19-26,27-20-12-6-13-21-27)28-22-14-7-15-23-28/h4-23H,2-3,24H2,1H3,(H-,32,33,35)/p+1. The summed E-state index contributed by atoms with van der Waals surface area (Å²) >= 11 is 6.80. The molecule has 0 spiro atoms. The number of unbranched alkanes of at least 4 members (excludes halogenated alkanes) is 1. The third-order valence-corrected chi connectivity index (χ3v) is 12.1. The van der Waals surface area contributed by atoms with E-state index in [1.807, 2.05) is 48.5 Å². The Morgan fingerprint density at radius 3 is 1.56 bits per heavy atom. The number of thiol groups is 1. The Labute approximate surface area is 225 Å². The minimum Gasteiger partial charge on any atom is -0.291 e. The molecule has 0 aliphatic rings. The van der Waals surface area contributed by atoms with Crippen molar-refractivity contribution in [2.75, 3.05) is 5.75 Å². The normalized spacial score (nSPS) is 12.1. The molecule has 2 nitrogen and oxygen atoms in total. The van der Waals surface area contributed by atoms with Gasteiger partial charge < -0.3 is 0 Å². The Morgan fingerprint density at radius 1 is 0.722 bits per heavy atom. The smallest absolute Gasteiger partial charge is 0.258 e. The summed E-state index contributed by atoms with van der Waals surface area (Å²) < 4.78 is 0.859. The van der Waals surface area contributed by atoms with Crippen molar-refractivity contribution in [1.82, 2.24) is 5.32 Å². The van der Waals surface area contributed by atoms with Crippen molar-refractivity contribution in [2.24, 2.45) is 0 Å². The second-order valence-corrected chi connectivity index (χ2v) is 13.5. The highest BCUT2D eigenvalue weighted by atomic mass is 32.2. The quantitative estimate of drug-likeness (QED) is 0.132. The van der Waals surface area contributed by atoms with Crippen LogP contribution in [-0.4, -0.2) is 11.7 Å². The van der Waals surface area contributed by atoms with Gasteiger partial charge in [0.15, 0.2) is 12.7 Å². The average Bonchev–Trinajstić information content (AvgIpc) is 2.95. The van der Waals surface area contributed by atoms with Gasteiger partial charge in [0.1, 0.15) is 15.9 Å². The van der Waals surface area contributed by atoms with Gasteiger partial charge in [0.25, 0.3) is 5.91 Å². The maximum absolute atomic E-state index is 13.7. The number of benzene rings is 4. The number of amides is 1. The predicted octanol–water partition coefficient (Wildman–Crippen LogP) is 7.00. The number of rotatable bonds is 10. The van der Waals surface area contributed by atoms with Crippen LogP contribution < -0.4 is 21.2 Å². The van der Waals surface area contributed by atoms with E-state index in [4.69, 9.17) is 12.6 Å². The molecule has 0 fully saturated rings. The Morgan fingerprint density at radius 2 is 1.14 bits per heavy atom. The van der Waals surface area contributed by atoms with Crippen LogP contribution in [0.3, 0.4) is 0 Å². The zero-order valence-electron chi connectivity index (χ0n) is 20.4. The fraction of sp³-hybridized carbons (Fsp3) is 0.129. The van der Waals surface area contributed by atoms with Crippen molar-refractivity contribution in [3.63, 3.8) is 0 Å². The summed E-state index contributed by atoms with van der Waals surface area (Å²) in [4.78, 5) is 13.7. The van der Waals surface area contributed by atoms with Crippen LogP contribution in [-0.2, 0) is 0 Å². The fourth-order valence-corrected chi connectivity index (χ4v) is 10.5. The van der Waals surface area contributed by atoms with Gasteiger partial charge >= 0.3 is 0 Å². The maximum Gasteiger partial charge on any atom is 0.258 e. The molecule has 0 aromatic heterocycles. The van der Waals surface area contributed by atoms with E-state index in [9.17, 15) is 4.79 Å². The number of carbonyl (C=O) groups excluding carboxylic acids is 1. The minimum absolute atomic E-state index is 0.125. The van der Waals surface area contributed by atoms with Gasteiger partial charge in [-0.2, -0.15) is 0 Å². The minimum atomic E-state index is -2.49. The lowest BCUT2D eigenvalue weighted by Gasteiger charge is -2.30. The molecular weight excluding hydrogens is 497 g/mol. The predicted molar refractivity (Wildman–Crippen MR) is 162 cm³/mol. The van der Waals surface area contributed by atoms with Gasteiger partial charge in [0.05, 0.1) is 4.24 Å². The largest absolute Gasteiger partial charge is 0.291 e. The van der Waals surface area contributed by atoms with Crippen LogP contribution in [0, 0.1) is 0 Å². The van der Waals surface area contributed by atoms with Crippen molar-refractivity contribution in [3.8, 4) is 0 Å². The Bertz CT molecular complexity index is 1180. The van der Waals surface area contributed by atoms with Crippen molar-refractivity contribution >= 4 is 53.5 Å². The summed E-state index contributed by atoms with van der Waals surface area (Å²) in [6.07, 6.45) is 2.19. The summed E-state index contributed by atoms with van der Waals surface area (Å²) in [6.45, 7) is 2.19. The molecule has 0 saturated heterocycles. The summed E-state index contributed by atoms with van der Waals surface area (Å²) in [5.41, 5.74) is 1.51. The second-order valence-electron chi connectivity index (χ2n) is 8.35. The molecule has 0 radical (unpaired) electrons. The second kappa shape index (κ2) is 13.0. The number of thioether (sulfide) groups is 1. The summed E-state index contributed by atoms with van der Waals surface area (Å²) in [5, 5.41) is 6.91. The lowest BCUT2D eigenvalue weighted by atomic mass is 10.2. The van der Waals surface area contributed by atoms with Crippen LogP contribution in [0.15, 0.2) is 131 Å². The number of hydrogen-bond acceptors (Lipinski definition) is 3. The van der Waals surface area contributed by atoms with Gasteiger partial charge in [0, 0.05) is 5.56 Å². The van der Waals surface area contributed by atoms with E-state index in [-0.39, 0.29) is 5.91 Å². The first-order valence-electron chi connectivity index (χ1n) is 12.2. The van der Waals surface area contributed by atoms with Gasteiger partial charge in [-0.1, -0.05) is 86.1 Å². The number of hydrogen-bond donors (Lipinski definition) is 2. The molecule has 0 unspecified atom stereocenters. The molecule has 0 bridgehead atoms. The first-order chi connectivity index (χ1) is 17.7. The molecular formula is C31H31NOPS2+. The molecule has 0 aliphatic carbocycles. The van der Waals surface area contributed by atoms with Gasteiger partial charge in [-0.25, -0.2) is 0 Å². The van der Waals surface area contributed by atoms with Gasteiger partial charge in [-0.15, -0.1) is 24.4 Å². The molecule has 1 amide bonds. The number of carbonyl (C=O) groups is 1. The molecule has 4 aromatic carbocycles. The van der Waals surface area contributed by atoms with Gasteiger partial charge in [-0.05, 0) is 60.7 Å². The molecule has 0 atom stereocenters. The molecule has 0 heterocycles. The summed E-state index contributed by atoms with van der Waals surface area (Å²) in [7, 11) is -2.49. The van der Waals surface area contributed by atoms with Crippen molar-refractivity contribution in [2.45, 2.75) is 19.8 Å². The lowest BCUT2D eigenvalue weighted by molar-refractivity contribution is 0.0968. The van der Waals surface area contributed by atoms with E-state index in [2.05, 4.69) is 85.0 Å². The van der Waals surface area contributed by atoms with Crippen LogP contribution in [0.5, 0.6) is 0 Å². The zero-order valence-corrected chi connectivity index (χ0v) is 23.0. The van der Waals surface area contributed by atoms with E-state index in [1.165, 1.54) is 15.9 Å². The van der Waals surface area contributed by atoms with Gasteiger partial charge in [0.2, 0.25) is 0 Å². The molecule has 36 heavy (non-hydrogen) atoms. The molecule has 4 rings (SSSR count). The molecule has 1 N–H and O–H groups in total. The number of nitrogens with one attached hydrogen (secondary N) is 1. The molecule has 5 heteroatoms. The molecule has 182 valence electrons. The highest BCUT2D eigenvalue weighted by molar-refractivity contribution is 8.16. The third-order valence-electron chi connectivity index (χ3n) is 5.97. The Balaban J connectivity index is 2.02. The summed E-state index contributed by atoms with van der Waals surface area (Å²) in [5.74, 6) is 0.818. The Kier molecular flexibility index (Phi) is 9.47. The monoisotopic (exact) mass is 528 g/mol. The SMILES string of the molecule is CCCCSC(S)=C(NC(=O)c1ccccc1)[P+](c1ccccc1)(c1ccccc1)c1ccccc1. The van der Waals surface area contributed by atoms with E-state index >= 15 is 0 Å². The van der Waals surface area contributed by atoms with Crippen LogP contribution in [0.4, 0.5) is 0 Å². The van der Waals surface area contributed by atoms with E-state index < -0.39 is 7.26 Å². The van der Waals surface area contributed by atoms with Crippen LogP contribution in [0.1, 0.15) is 30.1 Å². The van der Waals surface area contributed by atoms with Crippen molar-refractivity contribution in [1.29, 1.82) is 0 Å². The molecule has 4 aromatic rings. The van der Waals surface area contributed by atoms with Crippen molar-refractivity contribution in [3.05, 3.63) is 137 Å². The highest BCUT2D eigenvalue weighted by Crippen LogP contribution is 2.63. The highest BCUT2D eigenvalue weighted by Gasteiger charge is 2.52. The topological polar surface area (TPSA) is 29.1 Å². The first kappa shape index (κ1) is 26.3. The third kappa shape index (κ3) is 5.78. The zero-order chi connectivity index (χ0) is 25.2. The molecule has 0 saturated carbocycles. The average molecular weight is 529 g/mol. The lowest BCUT2D eigenvalue weighted by Crippen LogP contribution is -2.38. The van der Waals surface area contributed by atoms with E-state index in [1.54, 1.807) is 11.8 Å². The van der Waals surface area contributed by atoms with E-state index in [0.29, 0.717) is 5.56 Å². The van der Waals surface area contributed by atoms with E-state index in [0.717, 1.165) is 28.3 Å². The van der Waals surface area contributed by atoms with Crippen LogP contribution >= 0.6 is 31.7 Å². The van der Waals surface area contributed by atoms with Crippen LogP contribution in [0.2, 0.25) is 0 Å². The fourth-order valence-electron chi connectivity index (χ4n) is 4.22. The molecule has 0 aliphatic heterocycles. The first-order valence-corrected chi connectivity index (χ1v) is 15.4. The summed E-state index contributed by atoms with van der Waals surface area (Å²) in [6, 6.07) is 41.1. The Hall–Kier alpha value is -2.78. The maximum atomic E-state index is 13.7.